The quantitative estimate of drug-likeness (QED) is 0.781. The van der Waals surface area contributed by atoms with Gasteiger partial charge in [0.2, 0.25) is 0 Å². The largest absolute Gasteiger partial charge is 0.316 e. The number of sulfone groups is 1. The summed E-state index contributed by atoms with van der Waals surface area (Å²) in [6.45, 7) is 7.89. The van der Waals surface area contributed by atoms with Gasteiger partial charge in [-0.05, 0) is 50.9 Å². The third-order valence-corrected chi connectivity index (χ3v) is 6.41. The van der Waals surface area contributed by atoms with Crippen molar-refractivity contribution >= 4 is 9.84 Å². The van der Waals surface area contributed by atoms with Crippen molar-refractivity contribution in [2.45, 2.75) is 32.1 Å². The lowest BCUT2D eigenvalue weighted by Gasteiger charge is -2.25. The summed E-state index contributed by atoms with van der Waals surface area (Å²) in [6.07, 6.45) is 4.79. The molecule has 5 nitrogen and oxygen atoms in total. The highest BCUT2D eigenvalue weighted by molar-refractivity contribution is 7.92. The Morgan fingerprint density at radius 3 is 2.86 bits per heavy atom. The van der Waals surface area contributed by atoms with Crippen LogP contribution in [0.1, 0.15) is 25.8 Å². The van der Waals surface area contributed by atoms with Crippen molar-refractivity contribution in [1.82, 2.24) is 15.2 Å². The molecular formula is C16H27N3O2S. The van der Waals surface area contributed by atoms with Crippen LogP contribution < -0.4 is 5.32 Å². The first-order valence-corrected chi connectivity index (χ1v) is 9.72. The van der Waals surface area contributed by atoms with Gasteiger partial charge in [-0.15, -0.1) is 0 Å². The maximum Gasteiger partial charge on any atom is 0.153 e. The minimum atomic E-state index is -2.99. The average Bonchev–Trinajstić information content (AvgIpc) is 2.99. The smallest absolute Gasteiger partial charge is 0.153 e. The zero-order chi connectivity index (χ0) is 16.0. The van der Waals surface area contributed by atoms with Crippen LogP contribution in [0.5, 0.6) is 0 Å². The van der Waals surface area contributed by atoms with Crippen molar-refractivity contribution in [2.75, 3.05) is 31.9 Å². The Labute approximate surface area is 134 Å². The summed E-state index contributed by atoms with van der Waals surface area (Å²) in [4.78, 5) is 6.41. The van der Waals surface area contributed by atoms with Gasteiger partial charge < -0.3 is 5.32 Å². The Morgan fingerprint density at radius 2 is 2.27 bits per heavy atom. The van der Waals surface area contributed by atoms with Crippen molar-refractivity contribution in [1.29, 1.82) is 0 Å². The summed E-state index contributed by atoms with van der Waals surface area (Å²) in [5, 5.41) is 3.07. The van der Waals surface area contributed by atoms with E-state index in [-0.39, 0.29) is 11.0 Å². The van der Waals surface area contributed by atoms with E-state index in [9.17, 15) is 8.42 Å². The predicted octanol–water partition coefficient (Wildman–Crippen LogP) is 1.32. The molecule has 0 spiro atoms. The van der Waals surface area contributed by atoms with Gasteiger partial charge in [0.25, 0.3) is 0 Å². The molecular weight excluding hydrogens is 298 g/mol. The van der Waals surface area contributed by atoms with E-state index in [0.29, 0.717) is 12.5 Å². The summed E-state index contributed by atoms with van der Waals surface area (Å²) in [5.74, 6) is 0.837. The minimum absolute atomic E-state index is 0.227. The topological polar surface area (TPSA) is 62.3 Å². The summed E-state index contributed by atoms with van der Waals surface area (Å²) >= 11 is 0. The molecule has 1 atom stereocenters. The highest BCUT2D eigenvalue weighted by Crippen LogP contribution is 2.13. The van der Waals surface area contributed by atoms with Gasteiger partial charge in [0, 0.05) is 32.0 Å². The fourth-order valence-electron chi connectivity index (χ4n) is 2.71. The van der Waals surface area contributed by atoms with Crippen LogP contribution in [0.3, 0.4) is 0 Å². The normalized spacial score (nSPS) is 19.2. The van der Waals surface area contributed by atoms with Crippen LogP contribution in [0, 0.1) is 5.92 Å². The van der Waals surface area contributed by atoms with E-state index >= 15 is 0 Å². The Hall–Kier alpha value is -0.980. The van der Waals surface area contributed by atoms with Crippen LogP contribution in [0.2, 0.25) is 0 Å². The van der Waals surface area contributed by atoms with E-state index < -0.39 is 9.84 Å². The second kappa shape index (κ2) is 8.04. The second-order valence-corrected chi connectivity index (χ2v) is 9.05. The zero-order valence-electron chi connectivity index (χ0n) is 13.5. The monoisotopic (exact) mass is 325 g/mol. The molecule has 2 heterocycles. The van der Waals surface area contributed by atoms with Crippen molar-refractivity contribution in [2.24, 2.45) is 5.92 Å². The van der Waals surface area contributed by atoms with Gasteiger partial charge in [-0.3, -0.25) is 9.88 Å². The molecule has 1 aromatic heterocycles. The van der Waals surface area contributed by atoms with Gasteiger partial charge >= 0.3 is 0 Å². The summed E-state index contributed by atoms with van der Waals surface area (Å²) < 4.78 is 24.1. The molecule has 1 saturated heterocycles. The van der Waals surface area contributed by atoms with Crippen molar-refractivity contribution in [3.63, 3.8) is 0 Å². The van der Waals surface area contributed by atoms with E-state index in [1.54, 1.807) is 20.0 Å². The second-order valence-electron chi connectivity index (χ2n) is 6.37. The zero-order valence-corrected chi connectivity index (χ0v) is 14.3. The van der Waals surface area contributed by atoms with Gasteiger partial charge in [-0.25, -0.2) is 8.42 Å². The van der Waals surface area contributed by atoms with Crippen molar-refractivity contribution < 1.29 is 8.42 Å². The van der Waals surface area contributed by atoms with E-state index in [2.05, 4.69) is 15.2 Å². The highest BCUT2D eigenvalue weighted by atomic mass is 32.2. The van der Waals surface area contributed by atoms with Gasteiger partial charge in [0.1, 0.15) is 0 Å². The number of hydrogen-bond donors (Lipinski definition) is 1. The van der Waals surface area contributed by atoms with E-state index in [4.69, 9.17) is 0 Å². The molecule has 2 rings (SSSR count). The maximum absolute atomic E-state index is 12.1. The fraction of sp³-hybridized carbons (Fsp3) is 0.688. The number of hydrogen-bond acceptors (Lipinski definition) is 5. The van der Waals surface area contributed by atoms with Crippen LogP contribution in [0.4, 0.5) is 0 Å². The van der Waals surface area contributed by atoms with Crippen LogP contribution >= 0.6 is 0 Å². The average molecular weight is 325 g/mol. The lowest BCUT2D eigenvalue weighted by molar-refractivity contribution is 0.241. The lowest BCUT2D eigenvalue weighted by atomic mass is 10.1. The first-order chi connectivity index (χ1) is 10.5. The molecule has 0 saturated carbocycles. The molecule has 1 aromatic rings. The van der Waals surface area contributed by atoms with Gasteiger partial charge in [-0.1, -0.05) is 6.07 Å². The van der Waals surface area contributed by atoms with Crippen LogP contribution in [0.25, 0.3) is 0 Å². The molecule has 1 fully saturated rings. The first kappa shape index (κ1) is 17.4. The fourth-order valence-corrected chi connectivity index (χ4v) is 3.70. The molecule has 1 aliphatic heterocycles. The van der Waals surface area contributed by atoms with Crippen LogP contribution in [0.15, 0.2) is 24.5 Å². The summed E-state index contributed by atoms with van der Waals surface area (Å²) in [6, 6.07) is 3.97. The van der Waals surface area contributed by atoms with Gasteiger partial charge in [0.15, 0.2) is 9.84 Å². The van der Waals surface area contributed by atoms with E-state index in [1.807, 2.05) is 18.3 Å². The molecule has 0 amide bonds. The molecule has 6 heteroatoms. The molecule has 0 aliphatic carbocycles. The van der Waals surface area contributed by atoms with Crippen LogP contribution in [-0.2, 0) is 16.4 Å². The minimum Gasteiger partial charge on any atom is -0.316 e. The van der Waals surface area contributed by atoms with Crippen LogP contribution in [-0.4, -0.2) is 55.5 Å². The third kappa shape index (κ3) is 5.34. The van der Waals surface area contributed by atoms with Crippen molar-refractivity contribution in [3.05, 3.63) is 30.1 Å². The van der Waals surface area contributed by atoms with E-state index in [0.717, 1.165) is 31.7 Å². The standard InChI is InChI=1S/C16H27N3O2S/c1-14(2)22(20,21)9-8-19(13-16-5-7-18-11-16)12-15-4-3-6-17-10-15/h3-4,6,10,14,16,18H,5,7-9,11-13H2,1-2H3/t16-/m1/s1. The Bertz CT molecular complexity index is 540. The van der Waals surface area contributed by atoms with Gasteiger partial charge in [0.05, 0.1) is 11.0 Å². The molecule has 0 radical (unpaired) electrons. The molecule has 0 unspecified atom stereocenters. The molecule has 0 aromatic carbocycles. The van der Waals surface area contributed by atoms with E-state index in [1.165, 1.54) is 6.42 Å². The molecule has 1 N–H and O–H groups in total. The maximum atomic E-state index is 12.1. The molecule has 22 heavy (non-hydrogen) atoms. The summed E-state index contributed by atoms with van der Waals surface area (Å²) in [7, 11) is -2.99. The Balaban J connectivity index is 1.97. The SMILES string of the molecule is CC(C)S(=O)(=O)CCN(Cc1cccnc1)C[C@@H]1CCNC1. The van der Waals surface area contributed by atoms with Gasteiger partial charge in [-0.2, -0.15) is 0 Å². The molecule has 1 aliphatic rings. The Morgan fingerprint density at radius 1 is 1.45 bits per heavy atom. The first-order valence-electron chi connectivity index (χ1n) is 8.01. The Kier molecular flexibility index (Phi) is 6.35. The summed E-state index contributed by atoms with van der Waals surface area (Å²) in [5.41, 5.74) is 1.13. The molecule has 0 bridgehead atoms. The predicted molar refractivity (Wildman–Crippen MR) is 89.4 cm³/mol. The third-order valence-electron chi connectivity index (χ3n) is 4.22. The lowest BCUT2D eigenvalue weighted by Crippen LogP contribution is -2.35. The number of nitrogens with zero attached hydrogens (tertiary/aromatic N) is 2. The number of nitrogens with one attached hydrogen (secondary N) is 1. The highest BCUT2D eigenvalue weighted by Gasteiger charge is 2.22. The van der Waals surface area contributed by atoms with Crippen molar-refractivity contribution in [3.8, 4) is 0 Å². The number of aromatic nitrogens is 1. The number of rotatable bonds is 8. The molecule has 124 valence electrons. The number of pyridine rings is 1.